The van der Waals surface area contributed by atoms with Gasteiger partial charge in [0.15, 0.2) is 6.10 Å². The third-order valence-electron chi connectivity index (χ3n) is 5.56. The van der Waals surface area contributed by atoms with Crippen molar-refractivity contribution in [1.82, 2.24) is 0 Å². The lowest BCUT2D eigenvalue weighted by Gasteiger charge is -2.19. The Morgan fingerprint density at radius 2 is 1.78 bits per heavy atom. The van der Waals surface area contributed by atoms with Crippen LogP contribution in [-0.2, 0) is 17.9 Å². The molecule has 2 unspecified atom stereocenters. The van der Waals surface area contributed by atoms with Crippen LogP contribution in [0.1, 0.15) is 41.5 Å². The summed E-state index contributed by atoms with van der Waals surface area (Å²) in [5.74, 6) is 0.894. The van der Waals surface area contributed by atoms with Crippen LogP contribution < -0.4 is 4.74 Å². The SMILES string of the molecule is CCCc1cc(C2=NOC(CN=C=S)C2c2ccccc2)ccc1OCc1ccccc1. The van der Waals surface area contributed by atoms with Crippen LogP contribution in [0.25, 0.3) is 0 Å². The van der Waals surface area contributed by atoms with Crippen LogP contribution >= 0.6 is 12.2 Å². The van der Waals surface area contributed by atoms with E-state index in [9.17, 15) is 0 Å². The molecule has 3 aromatic carbocycles. The highest BCUT2D eigenvalue weighted by Gasteiger charge is 2.36. The van der Waals surface area contributed by atoms with E-state index in [1.54, 1.807) is 0 Å². The fourth-order valence-electron chi connectivity index (χ4n) is 4.03. The van der Waals surface area contributed by atoms with Crippen LogP contribution in [-0.4, -0.2) is 23.5 Å². The van der Waals surface area contributed by atoms with Gasteiger partial charge in [-0.3, -0.25) is 0 Å². The fraction of sp³-hybridized carbons (Fsp3) is 0.259. The molecule has 0 spiro atoms. The van der Waals surface area contributed by atoms with Crippen LogP contribution in [0.5, 0.6) is 5.75 Å². The topological polar surface area (TPSA) is 43.2 Å². The maximum absolute atomic E-state index is 6.17. The molecule has 0 bridgehead atoms. The lowest BCUT2D eigenvalue weighted by molar-refractivity contribution is 0.0833. The first-order valence-corrected chi connectivity index (χ1v) is 11.3. The number of thiocarbonyl (C=S) groups is 1. The Morgan fingerprint density at radius 3 is 2.50 bits per heavy atom. The van der Waals surface area contributed by atoms with E-state index in [1.807, 2.05) is 36.4 Å². The Kier molecular flexibility index (Phi) is 7.44. The van der Waals surface area contributed by atoms with Crippen molar-refractivity contribution >= 4 is 23.1 Å². The smallest absolute Gasteiger partial charge is 0.160 e. The number of hydrogen-bond acceptors (Lipinski definition) is 5. The minimum atomic E-state index is -0.202. The molecule has 1 aliphatic heterocycles. The summed E-state index contributed by atoms with van der Waals surface area (Å²) in [5.41, 5.74) is 5.43. The molecule has 162 valence electrons. The molecular formula is C27H26N2O2S. The van der Waals surface area contributed by atoms with Gasteiger partial charge in [-0.05, 0) is 53.5 Å². The second-order valence-corrected chi connectivity index (χ2v) is 7.97. The van der Waals surface area contributed by atoms with Crippen LogP contribution in [0, 0.1) is 0 Å². The summed E-state index contributed by atoms with van der Waals surface area (Å²) >= 11 is 4.76. The van der Waals surface area contributed by atoms with Crippen molar-refractivity contribution in [3.8, 4) is 5.75 Å². The highest BCUT2D eigenvalue weighted by atomic mass is 32.1. The Labute approximate surface area is 194 Å². The van der Waals surface area contributed by atoms with E-state index in [2.05, 4.69) is 64.7 Å². The zero-order valence-electron chi connectivity index (χ0n) is 18.1. The summed E-state index contributed by atoms with van der Waals surface area (Å²) < 4.78 is 6.17. The molecule has 1 aliphatic rings. The summed E-state index contributed by atoms with van der Waals surface area (Å²) in [4.78, 5) is 9.92. The van der Waals surface area contributed by atoms with Gasteiger partial charge in [0, 0.05) is 5.56 Å². The van der Waals surface area contributed by atoms with Crippen molar-refractivity contribution in [3.63, 3.8) is 0 Å². The monoisotopic (exact) mass is 442 g/mol. The summed E-state index contributed by atoms with van der Waals surface area (Å²) in [6, 6.07) is 26.8. The number of aliphatic imine (C=N–C) groups is 1. The molecule has 4 nitrogen and oxygen atoms in total. The quantitative estimate of drug-likeness (QED) is 0.292. The first-order chi connectivity index (χ1) is 15.8. The van der Waals surface area contributed by atoms with Gasteiger partial charge in [-0.1, -0.05) is 79.2 Å². The van der Waals surface area contributed by atoms with Gasteiger partial charge in [-0.25, -0.2) is 4.99 Å². The molecule has 0 saturated carbocycles. The normalized spacial score (nSPS) is 17.2. The van der Waals surface area contributed by atoms with E-state index in [4.69, 9.17) is 21.8 Å². The molecule has 2 atom stereocenters. The van der Waals surface area contributed by atoms with Crippen LogP contribution in [0.3, 0.4) is 0 Å². The van der Waals surface area contributed by atoms with Crippen LogP contribution in [0.15, 0.2) is 89.0 Å². The summed E-state index contributed by atoms with van der Waals surface area (Å²) in [6.07, 6.45) is 1.76. The number of ether oxygens (including phenoxy) is 1. The molecular weight excluding hydrogens is 416 g/mol. The molecule has 3 aromatic rings. The van der Waals surface area contributed by atoms with Gasteiger partial charge < -0.3 is 9.57 Å². The van der Waals surface area contributed by atoms with Crippen molar-refractivity contribution in [2.75, 3.05) is 6.54 Å². The second-order valence-electron chi connectivity index (χ2n) is 7.79. The summed E-state index contributed by atoms with van der Waals surface area (Å²) in [7, 11) is 0. The number of aryl methyl sites for hydroxylation is 1. The number of isothiocyanates is 1. The van der Waals surface area contributed by atoms with Gasteiger partial charge in [-0.2, -0.15) is 0 Å². The standard InChI is InChI=1S/C27H26N2O2S/c1-2-9-22-16-23(14-15-24(22)30-18-20-10-5-3-6-11-20)27-26(21-12-7-4-8-13-21)25(31-29-27)17-28-19-32/h3-8,10-16,25-26H,2,9,17-18H2,1H3. The van der Waals surface area contributed by atoms with Crippen LogP contribution in [0.4, 0.5) is 0 Å². The number of benzene rings is 3. The molecule has 1 heterocycles. The average Bonchev–Trinajstić information content (AvgIpc) is 3.27. The molecule has 0 amide bonds. The van der Waals surface area contributed by atoms with Gasteiger partial charge in [-0.15, -0.1) is 0 Å². The maximum atomic E-state index is 6.17. The molecule has 0 aliphatic carbocycles. The molecule has 4 rings (SSSR count). The third-order valence-corrected chi connectivity index (χ3v) is 5.69. The van der Waals surface area contributed by atoms with E-state index < -0.39 is 0 Å². The lowest BCUT2D eigenvalue weighted by Crippen LogP contribution is -2.24. The van der Waals surface area contributed by atoms with Gasteiger partial charge in [0.2, 0.25) is 0 Å². The van der Waals surface area contributed by atoms with Gasteiger partial charge >= 0.3 is 0 Å². The Hall–Kier alpha value is -3.27. The molecule has 0 saturated heterocycles. The van der Waals surface area contributed by atoms with Gasteiger partial charge in [0.25, 0.3) is 0 Å². The molecule has 0 aromatic heterocycles. The zero-order chi connectivity index (χ0) is 22.2. The predicted molar refractivity (Wildman–Crippen MR) is 132 cm³/mol. The molecule has 32 heavy (non-hydrogen) atoms. The van der Waals surface area contributed by atoms with E-state index in [1.165, 1.54) is 5.56 Å². The minimum Gasteiger partial charge on any atom is -0.489 e. The number of oxime groups is 1. The average molecular weight is 443 g/mol. The van der Waals surface area contributed by atoms with Crippen molar-refractivity contribution in [3.05, 3.63) is 101 Å². The zero-order valence-corrected chi connectivity index (χ0v) is 18.9. The van der Waals surface area contributed by atoms with Crippen LogP contribution in [0.2, 0.25) is 0 Å². The Balaban J connectivity index is 1.62. The first kappa shape index (κ1) is 21.9. The molecule has 0 N–H and O–H groups in total. The summed E-state index contributed by atoms with van der Waals surface area (Å²) in [6.45, 7) is 3.15. The van der Waals surface area contributed by atoms with Crippen molar-refractivity contribution < 1.29 is 9.57 Å². The minimum absolute atomic E-state index is 0.0196. The predicted octanol–water partition coefficient (Wildman–Crippen LogP) is 6.21. The Morgan fingerprint density at radius 1 is 1.03 bits per heavy atom. The Bertz CT molecular complexity index is 1110. The highest BCUT2D eigenvalue weighted by molar-refractivity contribution is 7.78. The highest BCUT2D eigenvalue weighted by Crippen LogP contribution is 2.34. The van der Waals surface area contributed by atoms with Gasteiger partial charge in [0.1, 0.15) is 12.4 Å². The third kappa shape index (κ3) is 5.13. The van der Waals surface area contributed by atoms with E-state index in [0.717, 1.165) is 41.0 Å². The van der Waals surface area contributed by atoms with E-state index in [-0.39, 0.29) is 12.0 Å². The fourth-order valence-corrected chi connectivity index (χ4v) is 4.10. The maximum Gasteiger partial charge on any atom is 0.160 e. The molecule has 0 radical (unpaired) electrons. The van der Waals surface area contributed by atoms with E-state index in [0.29, 0.717) is 13.2 Å². The molecule has 5 heteroatoms. The van der Waals surface area contributed by atoms with Crippen molar-refractivity contribution in [2.45, 2.75) is 38.4 Å². The van der Waals surface area contributed by atoms with E-state index >= 15 is 0 Å². The lowest BCUT2D eigenvalue weighted by atomic mass is 9.85. The van der Waals surface area contributed by atoms with Crippen molar-refractivity contribution in [2.24, 2.45) is 10.1 Å². The summed E-state index contributed by atoms with van der Waals surface area (Å²) in [5, 5.41) is 6.92. The number of rotatable bonds is 9. The largest absolute Gasteiger partial charge is 0.489 e. The number of nitrogens with zero attached hydrogens (tertiary/aromatic N) is 2. The first-order valence-electron chi connectivity index (χ1n) is 10.9. The number of hydrogen-bond donors (Lipinski definition) is 0. The molecule has 0 fully saturated rings. The second kappa shape index (κ2) is 10.9. The van der Waals surface area contributed by atoms with Gasteiger partial charge in [0.05, 0.1) is 23.3 Å². The van der Waals surface area contributed by atoms with Crippen molar-refractivity contribution in [1.29, 1.82) is 0 Å².